The van der Waals surface area contributed by atoms with Crippen LogP contribution in [0.2, 0.25) is 0 Å². The molecular formula is C12H21N5O3. The van der Waals surface area contributed by atoms with Gasteiger partial charge in [0.1, 0.15) is 0 Å². The molecule has 1 aromatic rings. The maximum atomic E-state index is 5.31. The normalized spacial score (nSPS) is 15.9. The SMILES string of the molecule is COc1nc(NCCCN2CCOCC2)nc(OC)n1. The highest BCUT2D eigenvalue weighted by Crippen LogP contribution is 2.11. The Kier molecular flexibility index (Phi) is 5.75. The van der Waals surface area contributed by atoms with E-state index in [2.05, 4.69) is 25.2 Å². The van der Waals surface area contributed by atoms with Gasteiger partial charge in [-0.3, -0.25) is 4.90 Å². The first-order chi connectivity index (χ1) is 9.81. The van der Waals surface area contributed by atoms with Gasteiger partial charge in [0.05, 0.1) is 27.4 Å². The molecule has 20 heavy (non-hydrogen) atoms. The Morgan fingerprint density at radius 2 is 1.75 bits per heavy atom. The lowest BCUT2D eigenvalue weighted by Gasteiger charge is -2.26. The van der Waals surface area contributed by atoms with Gasteiger partial charge in [-0.25, -0.2) is 0 Å². The van der Waals surface area contributed by atoms with Gasteiger partial charge in [-0.2, -0.15) is 9.97 Å². The number of ether oxygens (including phenoxy) is 3. The summed E-state index contributed by atoms with van der Waals surface area (Å²) in [6.45, 7) is 5.49. The first-order valence-electron chi connectivity index (χ1n) is 6.70. The van der Waals surface area contributed by atoms with Crippen LogP contribution in [0.5, 0.6) is 12.0 Å². The highest BCUT2D eigenvalue weighted by molar-refractivity contribution is 5.27. The van der Waals surface area contributed by atoms with Gasteiger partial charge in [-0.05, 0) is 13.0 Å². The highest BCUT2D eigenvalue weighted by Gasteiger charge is 2.10. The van der Waals surface area contributed by atoms with Crippen LogP contribution in [-0.2, 0) is 4.74 Å². The molecule has 1 saturated heterocycles. The second-order valence-electron chi connectivity index (χ2n) is 4.37. The number of morpholine rings is 1. The van der Waals surface area contributed by atoms with Crippen molar-refractivity contribution in [1.29, 1.82) is 0 Å². The zero-order valence-corrected chi connectivity index (χ0v) is 12.0. The van der Waals surface area contributed by atoms with Gasteiger partial charge in [0, 0.05) is 19.6 Å². The van der Waals surface area contributed by atoms with Crippen molar-refractivity contribution in [3.05, 3.63) is 0 Å². The van der Waals surface area contributed by atoms with Gasteiger partial charge >= 0.3 is 12.0 Å². The van der Waals surface area contributed by atoms with Crippen molar-refractivity contribution in [1.82, 2.24) is 19.9 Å². The Bertz CT molecular complexity index is 390. The number of nitrogens with one attached hydrogen (secondary N) is 1. The van der Waals surface area contributed by atoms with Gasteiger partial charge in [-0.1, -0.05) is 0 Å². The number of aromatic nitrogens is 3. The first kappa shape index (κ1) is 14.7. The summed E-state index contributed by atoms with van der Waals surface area (Å²) in [5.74, 6) is 0.468. The first-order valence-corrected chi connectivity index (χ1v) is 6.70. The number of anilines is 1. The van der Waals surface area contributed by atoms with Crippen LogP contribution in [0.1, 0.15) is 6.42 Å². The molecule has 2 heterocycles. The van der Waals surface area contributed by atoms with E-state index in [-0.39, 0.29) is 12.0 Å². The molecule has 8 heteroatoms. The molecular weight excluding hydrogens is 262 g/mol. The van der Waals surface area contributed by atoms with Crippen molar-refractivity contribution >= 4 is 5.95 Å². The number of methoxy groups -OCH3 is 2. The molecule has 0 unspecified atom stereocenters. The van der Waals surface area contributed by atoms with E-state index >= 15 is 0 Å². The molecule has 0 amide bonds. The molecule has 1 fully saturated rings. The minimum Gasteiger partial charge on any atom is -0.467 e. The van der Waals surface area contributed by atoms with E-state index in [4.69, 9.17) is 14.2 Å². The third kappa shape index (κ3) is 4.46. The number of rotatable bonds is 7. The molecule has 1 aliphatic heterocycles. The molecule has 8 nitrogen and oxygen atoms in total. The van der Waals surface area contributed by atoms with Crippen molar-refractivity contribution in [3.63, 3.8) is 0 Å². The standard InChI is InChI=1S/C12H21N5O3/c1-18-11-14-10(15-12(16-11)19-2)13-4-3-5-17-6-8-20-9-7-17/h3-9H2,1-2H3,(H,13,14,15,16). The topological polar surface area (TPSA) is 81.6 Å². The third-order valence-electron chi connectivity index (χ3n) is 3.00. The van der Waals surface area contributed by atoms with E-state index in [9.17, 15) is 0 Å². The van der Waals surface area contributed by atoms with Crippen molar-refractivity contribution < 1.29 is 14.2 Å². The summed E-state index contributed by atoms with van der Waals surface area (Å²) in [5.41, 5.74) is 0. The minimum atomic E-state index is 0.243. The van der Waals surface area contributed by atoms with Crippen LogP contribution in [-0.4, -0.2) is 73.5 Å². The van der Waals surface area contributed by atoms with Gasteiger partial charge in [0.25, 0.3) is 0 Å². The summed E-state index contributed by atoms with van der Waals surface area (Å²) in [6, 6.07) is 0.486. The lowest BCUT2D eigenvalue weighted by molar-refractivity contribution is 0.0378. The quantitative estimate of drug-likeness (QED) is 0.702. The Balaban J connectivity index is 1.75. The van der Waals surface area contributed by atoms with Crippen LogP contribution in [0, 0.1) is 0 Å². The Morgan fingerprint density at radius 3 is 2.35 bits per heavy atom. The Hall–Kier alpha value is -1.67. The summed E-state index contributed by atoms with van der Waals surface area (Å²) < 4.78 is 15.3. The monoisotopic (exact) mass is 283 g/mol. The predicted molar refractivity (Wildman–Crippen MR) is 73.3 cm³/mol. The van der Waals surface area contributed by atoms with E-state index in [1.807, 2.05) is 0 Å². The van der Waals surface area contributed by atoms with Crippen molar-refractivity contribution in [2.45, 2.75) is 6.42 Å². The third-order valence-corrected chi connectivity index (χ3v) is 3.00. The Morgan fingerprint density at radius 1 is 1.10 bits per heavy atom. The highest BCUT2D eigenvalue weighted by atomic mass is 16.5. The number of hydrogen-bond donors (Lipinski definition) is 1. The van der Waals surface area contributed by atoms with E-state index in [0.29, 0.717) is 5.95 Å². The zero-order valence-electron chi connectivity index (χ0n) is 12.0. The summed E-state index contributed by atoms with van der Waals surface area (Å²) in [6.07, 6.45) is 1.01. The lowest BCUT2D eigenvalue weighted by Crippen LogP contribution is -2.37. The van der Waals surface area contributed by atoms with Gasteiger partial charge < -0.3 is 19.5 Å². The smallest absolute Gasteiger partial charge is 0.324 e. The average molecular weight is 283 g/mol. The predicted octanol–water partition coefficient (Wildman–Crippen LogP) is 0.0230. The molecule has 0 saturated carbocycles. The molecule has 1 aromatic heterocycles. The fourth-order valence-electron chi connectivity index (χ4n) is 1.93. The molecule has 0 aliphatic carbocycles. The minimum absolute atomic E-state index is 0.243. The van der Waals surface area contributed by atoms with Crippen LogP contribution in [0.3, 0.4) is 0 Å². The van der Waals surface area contributed by atoms with Crippen LogP contribution in [0.15, 0.2) is 0 Å². The number of hydrogen-bond acceptors (Lipinski definition) is 8. The van der Waals surface area contributed by atoms with Crippen molar-refractivity contribution in [2.75, 3.05) is 58.9 Å². The molecule has 1 aliphatic rings. The zero-order chi connectivity index (χ0) is 14.2. The Labute approximate surface area is 118 Å². The van der Waals surface area contributed by atoms with Crippen molar-refractivity contribution in [2.24, 2.45) is 0 Å². The van der Waals surface area contributed by atoms with Gasteiger partial charge in [-0.15, -0.1) is 4.98 Å². The van der Waals surface area contributed by atoms with E-state index in [1.165, 1.54) is 14.2 Å². The molecule has 0 bridgehead atoms. The summed E-state index contributed by atoms with van der Waals surface area (Å²) in [5, 5.41) is 3.15. The van der Waals surface area contributed by atoms with Crippen LogP contribution < -0.4 is 14.8 Å². The van der Waals surface area contributed by atoms with E-state index in [0.717, 1.165) is 45.8 Å². The van der Waals surface area contributed by atoms with Crippen molar-refractivity contribution in [3.8, 4) is 12.0 Å². The van der Waals surface area contributed by atoms with Gasteiger partial charge in [0.15, 0.2) is 0 Å². The molecule has 0 spiro atoms. The lowest BCUT2D eigenvalue weighted by atomic mass is 10.3. The second-order valence-corrected chi connectivity index (χ2v) is 4.37. The number of nitrogens with zero attached hydrogens (tertiary/aromatic N) is 4. The van der Waals surface area contributed by atoms with Crippen LogP contribution in [0.25, 0.3) is 0 Å². The van der Waals surface area contributed by atoms with Gasteiger partial charge in [0.2, 0.25) is 5.95 Å². The molecule has 2 rings (SSSR count). The molecule has 0 atom stereocenters. The summed E-state index contributed by atoms with van der Waals surface area (Å²) in [4.78, 5) is 14.6. The fraction of sp³-hybridized carbons (Fsp3) is 0.750. The molecule has 1 N–H and O–H groups in total. The maximum absolute atomic E-state index is 5.31. The molecule has 0 radical (unpaired) electrons. The fourth-order valence-corrected chi connectivity index (χ4v) is 1.93. The largest absolute Gasteiger partial charge is 0.467 e. The van der Waals surface area contributed by atoms with Crippen LogP contribution in [0.4, 0.5) is 5.95 Å². The van der Waals surface area contributed by atoms with E-state index in [1.54, 1.807) is 0 Å². The van der Waals surface area contributed by atoms with Crippen LogP contribution >= 0.6 is 0 Å². The second kappa shape index (κ2) is 7.81. The summed E-state index contributed by atoms with van der Waals surface area (Å²) in [7, 11) is 3.02. The molecule has 112 valence electrons. The average Bonchev–Trinajstić information content (AvgIpc) is 2.52. The molecule has 0 aromatic carbocycles. The van der Waals surface area contributed by atoms with E-state index < -0.39 is 0 Å². The maximum Gasteiger partial charge on any atom is 0.324 e. The summed E-state index contributed by atoms with van der Waals surface area (Å²) >= 11 is 0.